The van der Waals surface area contributed by atoms with Crippen LogP contribution in [0, 0.1) is 0 Å². The Morgan fingerprint density at radius 1 is 1.06 bits per heavy atom. The first kappa shape index (κ1) is 21.0. The van der Waals surface area contributed by atoms with E-state index in [0.29, 0.717) is 28.9 Å². The lowest BCUT2D eigenvalue weighted by Gasteiger charge is -2.14. The van der Waals surface area contributed by atoms with Crippen molar-refractivity contribution in [3.63, 3.8) is 0 Å². The quantitative estimate of drug-likeness (QED) is 0.414. The molecule has 5 rings (SSSR count). The summed E-state index contributed by atoms with van der Waals surface area (Å²) in [6, 6.07) is 19.2. The first-order valence-corrected chi connectivity index (χ1v) is 11.3. The number of nitrogens with zero attached hydrogens (tertiary/aromatic N) is 4. The summed E-state index contributed by atoms with van der Waals surface area (Å²) in [5, 5.41) is 12.0. The number of carbonyl (C=O) groups is 1. The number of fused-ring (bicyclic) bond motifs is 1. The number of aromatic nitrogens is 4. The number of carbonyl (C=O) groups excluding carboxylic acids is 1. The Morgan fingerprint density at radius 2 is 1.85 bits per heavy atom. The van der Waals surface area contributed by atoms with E-state index < -0.39 is 5.25 Å². The number of nitrogens with one attached hydrogen (secondary N) is 1. The average molecular weight is 460 g/mol. The molecule has 33 heavy (non-hydrogen) atoms. The molecular weight excluding hydrogens is 438 g/mol. The molecule has 3 heterocycles. The van der Waals surface area contributed by atoms with Crippen molar-refractivity contribution in [3.8, 4) is 22.9 Å². The van der Waals surface area contributed by atoms with Gasteiger partial charge in [0.15, 0.2) is 22.5 Å². The van der Waals surface area contributed by atoms with Crippen LogP contribution in [0.25, 0.3) is 11.4 Å². The van der Waals surface area contributed by atoms with E-state index in [2.05, 4.69) is 32.6 Å². The molecule has 0 spiro atoms. The number of rotatable bonds is 7. The smallest absolute Gasteiger partial charge is 0.237 e. The lowest BCUT2D eigenvalue weighted by Crippen LogP contribution is -2.23. The molecule has 0 aliphatic carbocycles. The molecule has 1 atom stereocenters. The molecule has 1 N–H and O–H groups in total. The van der Waals surface area contributed by atoms with Gasteiger partial charge in [-0.25, -0.2) is 0 Å². The van der Waals surface area contributed by atoms with Gasteiger partial charge < -0.3 is 14.8 Å². The molecule has 0 saturated carbocycles. The lowest BCUT2D eigenvalue weighted by atomic mass is 10.2. The second-order valence-corrected chi connectivity index (χ2v) is 8.74. The van der Waals surface area contributed by atoms with Gasteiger partial charge in [0, 0.05) is 29.7 Å². The van der Waals surface area contributed by atoms with Gasteiger partial charge in [-0.2, -0.15) is 0 Å². The first-order valence-electron chi connectivity index (χ1n) is 10.4. The predicted octanol–water partition coefficient (Wildman–Crippen LogP) is 4.24. The van der Waals surface area contributed by atoms with Crippen LogP contribution in [0.4, 0.5) is 5.69 Å². The van der Waals surface area contributed by atoms with Crippen molar-refractivity contribution in [3.05, 3.63) is 78.6 Å². The topological polar surface area (TPSA) is 91.2 Å². The summed E-state index contributed by atoms with van der Waals surface area (Å²) < 4.78 is 12.7. The van der Waals surface area contributed by atoms with E-state index in [0.717, 1.165) is 17.0 Å². The van der Waals surface area contributed by atoms with E-state index in [-0.39, 0.29) is 12.7 Å². The minimum Gasteiger partial charge on any atom is -0.454 e. The maximum Gasteiger partial charge on any atom is 0.237 e. The summed E-state index contributed by atoms with van der Waals surface area (Å²) in [4.78, 5) is 17.0. The fourth-order valence-corrected chi connectivity index (χ4v) is 4.28. The number of ether oxygens (including phenoxy) is 2. The average Bonchev–Trinajstić information content (AvgIpc) is 3.47. The van der Waals surface area contributed by atoms with Crippen LogP contribution >= 0.6 is 11.8 Å². The van der Waals surface area contributed by atoms with E-state index in [4.69, 9.17) is 9.47 Å². The Hall–Kier alpha value is -3.85. The van der Waals surface area contributed by atoms with Gasteiger partial charge in [-0.15, -0.1) is 10.2 Å². The molecule has 1 aliphatic heterocycles. The zero-order valence-corrected chi connectivity index (χ0v) is 18.7. The largest absolute Gasteiger partial charge is 0.454 e. The Labute approximate surface area is 195 Å². The van der Waals surface area contributed by atoms with Gasteiger partial charge in [-0.1, -0.05) is 42.1 Å². The number of thioether (sulfide) groups is 1. The standard InChI is InChI=1S/C24H21N5O3S/c1-16(23(30)26-19-7-8-20-21(13-19)32-15-31-20)33-24-28-27-22(18-9-11-25-12-10-18)29(24)14-17-5-3-2-4-6-17/h2-13,16H,14-15H2,1H3,(H,26,30)/t16-/m1/s1. The highest BCUT2D eigenvalue weighted by atomic mass is 32.2. The Morgan fingerprint density at radius 3 is 2.67 bits per heavy atom. The molecule has 9 heteroatoms. The van der Waals surface area contributed by atoms with Crippen molar-refractivity contribution >= 4 is 23.4 Å². The normalized spacial score (nSPS) is 13.0. The van der Waals surface area contributed by atoms with Crippen molar-refractivity contribution in [2.75, 3.05) is 12.1 Å². The fraction of sp³-hybridized carbons (Fsp3) is 0.167. The number of hydrogen-bond donors (Lipinski definition) is 1. The second-order valence-electron chi connectivity index (χ2n) is 7.43. The van der Waals surface area contributed by atoms with Crippen molar-refractivity contribution < 1.29 is 14.3 Å². The molecule has 0 saturated heterocycles. The Balaban J connectivity index is 1.36. The molecule has 2 aromatic heterocycles. The number of hydrogen-bond acceptors (Lipinski definition) is 7. The monoisotopic (exact) mass is 459 g/mol. The summed E-state index contributed by atoms with van der Waals surface area (Å²) in [5.41, 5.74) is 2.68. The van der Waals surface area contributed by atoms with Crippen LogP contribution < -0.4 is 14.8 Å². The minimum atomic E-state index is -0.403. The summed E-state index contributed by atoms with van der Waals surface area (Å²) in [5.74, 6) is 1.89. The molecule has 166 valence electrons. The van der Waals surface area contributed by atoms with Gasteiger partial charge in [0.05, 0.1) is 11.8 Å². The van der Waals surface area contributed by atoms with Crippen LogP contribution in [0.3, 0.4) is 0 Å². The van der Waals surface area contributed by atoms with Crippen LogP contribution in [0.1, 0.15) is 12.5 Å². The van der Waals surface area contributed by atoms with E-state index in [9.17, 15) is 4.79 Å². The van der Waals surface area contributed by atoms with Crippen molar-refractivity contribution in [1.82, 2.24) is 19.7 Å². The molecule has 0 radical (unpaired) electrons. The highest BCUT2D eigenvalue weighted by Crippen LogP contribution is 2.34. The van der Waals surface area contributed by atoms with Gasteiger partial charge >= 0.3 is 0 Å². The third-order valence-corrected chi connectivity index (χ3v) is 6.21. The summed E-state index contributed by atoms with van der Waals surface area (Å²) >= 11 is 1.36. The molecule has 8 nitrogen and oxygen atoms in total. The highest BCUT2D eigenvalue weighted by molar-refractivity contribution is 8.00. The van der Waals surface area contributed by atoms with Crippen molar-refractivity contribution in [2.24, 2.45) is 0 Å². The highest BCUT2D eigenvalue weighted by Gasteiger charge is 2.22. The summed E-state index contributed by atoms with van der Waals surface area (Å²) in [6.07, 6.45) is 3.45. The zero-order chi connectivity index (χ0) is 22.6. The van der Waals surface area contributed by atoms with Crippen LogP contribution in [0.2, 0.25) is 0 Å². The molecule has 0 bridgehead atoms. The minimum absolute atomic E-state index is 0.140. The van der Waals surface area contributed by atoms with E-state index in [1.165, 1.54) is 11.8 Å². The third-order valence-electron chi connectivity index (χ3n) is 5.13. The third kappa shape index (κ3) is 4.68. The molecule has 0 fully saturated rings. The zero-order valence-electron chi connectivity index (χ0n) is 17.8. The summed E-state index contributed by atoms with van der Waals surface area (Å²) in [6.45, 7) is 2.63. The molecule has 1 amide bonds. The van der Waals surface area contributed by atoms with Crippen molar-refractivity contribution in [2.45, 2.75) is 23.9 Å². The Bertz CT molecular complexity index is 1260. The van der Waals surface area contributed by atoms with Gasteiger partial charge in [-0.3, -0.25) is 14.3 Å². The van der Waals surface area contributed by atoms with Crippen LogP contribution in [-0.2, 0) is 11.3 Å². The van der Waals surface area contributed by atoms with Gasteiger partial charge in [0.25, 0.3) is 0 Å². The predicted molar refractivity (Wildman–Crippen MR) is 125 cm³/mol. The Kier molecular flexibility index (Phi) is 5.95. The van der Waals surface area contributed by atoms with Crippen molar-refractivity contribution in [1.29, 1.82) is 0 Å². The van der Waals surface area contributed by atoms with Crippen LogP contribution in [0.15, 0.2) is 78.2 Å². The van der Waals surface area contributed by atoms with E-state index in [1.54, 1.807) is 30.6 Å². The van der Waals surface area contributed by atoms with Crippen LogP contribution in [-0.4, -0.2) is 37.7 Å². The molecule has 4 aromatic rings. The molecule has 2 aromatic carbocycles. The van der Waals surface area contributed by atoms with Gasteiger partial charge in [0.1, 0.15) is 0 Å². The van der Waals surface area contributed by atoms with E-state index >= 15 is 0 Å². The molecular formula is C24H21N5O3S. The number of pyridine rings is 1. The molecule has 0 unspecified atom stereocenters. The number of anilines is 1. The van der Waals surface area contributed by atoms with E-state index in [1.807, 2.05) is 41.8 Å². The maximum atomic E-state index is 12.9. The summed E-state index contributed by atoms with van der Waals surface area (Å²) in [7, 11) is 0. The lowest BCUT2D eigenvalue weighted by molar-refractivity contribution is -0.115. The first-order chi connectivity index (χ1) is 16.2. The fourth-order valence-electron chi connectivity index (χ4n) is 3.43. The number of amides is 1. The van der Waals surface area contributed by atoms with Gasteiger partial charge in [0.2, 0.25) is 12.7 Å². The SMILES string of the molecule is C[C@@H](Sc1nnc(-c2ccncc2)n1Cc1ccccc1)C(=O)Nc1ccc2c(c1)OCO2. The van der Waals surface area contributed by atoms with Crippen LogP contribution in [0.5, 0.6) is 11.5 Å². The maximum absolute atomic E-state index is 12.9. The molecule has 1 aliphatic rings. The van der Waals surface area contributed by atoms with Gasteiger partial charge in [-0.05, 0) is 36.8 Å². The second kappa shape index (κ2) is 9.33. The number of benzene rings is 2.